The van der Waals surface area contributed by atoms with Gasteiger partial charge >= 0.3 is 5.97 Å². The predicted molar refractivity (Wildman–Crippen MR) is 127 cm³/mol. The lowest BCUT2D eigenvalue weighted by atomic mass is 9.72. The number of Topliss-reactive ketones (excluding diaryl/α,β-unsaturated/α-hetero) is 1. The zero-order chi connectivity index (χ0) is 22.8. The summed E-state index contributed by atoms with van der Waals surface area (Å²) >= 11 is 12.1. The lowest BCUT2D eigenvalue weighted by molar-refractivity contribution is -0.139. The Bertz CT molecular complexity index is 1100. The van der Waals surface area contributed by atoms with Gasteiger partial charge in [0.2, 0.25) is 0 Å². The number of halogens is 2. The van der Waals surface area contributed by atoms with Gasteiger partial charge in [-0.15, -0.1) is 0 Å². The molecule has 2 aliphatic rings. The highest BCUT2D eigenvalue weighted by Crippen LogP contribution is 2.45. The first-order valence-corrected chi connectivity index (χ1v) is 11.6. The quantitative estimate of drug-likeness (QED) is 0.521. The Morgan fingerprint density at radius 3 is 2.19 bits per heavy atom. The molecule has 166 valence electrons. The molecule has 0 saturated carbocycles. The largest absolute Gasteiger partial charge is 0.462 e. The van der Waals surface area contributed by atoms with Crippen molar-refractivity contribution in [1.29, 1.82) is 0 Å². The number of hydrogen-bond acceptors (Lipinski definition) is 4. The van der Waals surface area contributed by atoms with E-state index in [2.05, 4.69) is 5.32 Å². The summed E-state index contributed by atoms with van der Waals surface area (Å²) in [6.45, 7) is 4.15. The maximum atomic E-state index is 13.5. The topological polar surface area (TPSA) is 55.4 Å². The van der Waals surface area contributed by atoms with Crippen molar-refractivity contribution in [2.75, 3.05) is 6.61 Å². The molecule has 1 heterocycles. The number of carbonyl (C=O) groups is 2. The van der Waals surface area contributed by atoms with Crippen LogP contribution in [-0.4, -0.2) is 18.4 Å². The second-order valence-corrected chi connectivity index (χ2v) is 9.13. The molecule has 2 atom stereocenters. The van der Waals surface area contributed by atoms with Gasteiger partial charge in [-0.3, -0.25) is 4.79 Å². The molecule has 4 rings (SSSR count). The number of nitrogens with one attached hydrogen (secondary N) is 1. The summed E-state index contributed by atoms with van der Waals surface area (Å²) in [6.07, 6.45) is 1.79. The van der Waals surface area contributed by atoms with Crippen molar-refractivity contribution in [1.82, 2.24) is 5.32 Å². The second kappa shape index (κ2) is 9.51. The van der Waals surface area contributed by atoms with E-state index >= 15 is 0 Å². The molecule has 0 aromatic heterocycles. The average molecular weight is 470 g/mol. The van der Waals surface area contributed by atoms with Gasteiger partial charge in [-0.2, -0.15) is 0 Å². The number of dihydropyridines is 1. The molecule has 4 nitrogen and oxygen atoms in total. The lowest BCUT2D eigenvalue weighted by Crippen LogP contribution is -2.36. The fraction of sp³-hybridized carbons (Fsp3) is 0.308. The van der Waals surface area contributed by atoms with Gasteiger partial charge < -0.3 is 10.1 Å². The van der Waals surface area contributed by atoms with Crippen molar-refractivity contribution in [3.05, 3.63) is 92.2 Å². The van der Waals surface area contributed by atoms with E-state index in [1.165, 1.54) is 0 Å². The van der Waals surface area contributed by atoms with E-state index in [-0.39, 0.29) is 11.7 Å². The Balaban J connectivity index is 1.76. The SMILES string of the molecule is CCCOC(=O)C1=C(C)NC2=C(C(=O)C[C@H](c3ccc(Cl)cc3)C2)[C@@H]1c1ccc(Cl)cc1. The molecular formula is C26H25Cl2NO3. The molecule has 0 unspecified atom stereocenters. The van der Waals surface area contributed by atoms with Crippen molar-refractivity contribution in [2.24, 2.45) is 0 Å². The molecule has 2 aromatic rings. The van der Waals surface area contributed by atoms with E-state index in [1.807, 2.05) is 50.2 Å². The minimum atomic E-state index is -0.480. The number of ketones is 1. The van der Waals surface area contributed by atoms with E-state index < -0.39 is 11.9 Å². The number of benzene rings is 2. The average Bonchev–Trinajstić information content (AvgIpc) is 2.77. The molecule has 0 fully saturated rings. The van der Waals surface area contributed by atoms with Crippen LogP contribution in [0.3, 0.4) is 0 Å². The van der Waals surface area contributed by atoms with Gasteiger partial charge in [-0.25, -0.2) is 4.79 Å². The molecule has 2 aromatic carbocycles. The van der Waals surface area contributed by atoms with Crippen LogP contribution in [0.5, 0.6) is 0 Å². The molecule has 6 heteroatoms. The third-order valence-electron chi connectivity index (χ3n) is 6.03. The molecule has 32 heavy (non-hydrogen) atoms. The van der Waals surface area contributed by atoms with E-state index in [0.717, 1.165) is 23.2 Å². The van der Waals surface area contributed by atoms with Crippen molar-refractivity contribution in [3.8, 4) is 0 Å². The summed E-state index contributed by atoms with van der Waals surface area (Å²) < 4.78 is 5.48. The Kier molecular flexibility index (Phi) is 6.73. The normalized spacial score (nSPS) is 20.7. The zero-order valence-electron chi connectivity index (χ0n) is 18.1. The molecule has 0 amide bonds. The second-order valence-electron chi connectivity index (χ2n) is 8.26. The predicted octanol–water partition coefficient (Wildman–Crippen LogP) is 6.31. The number of hydrogen-bond donors (Lipinski definition) is 1. The van der Waals surface area contributed by atoms with Crippen LogP contribution in [0.1, 0.15) is 56.1 Å². The van der Waals surface area contributed by atoms with Crippen molar-refractivity contribution < 1.29 is 14.3 Å². The summed E-state index contributed by atoms with van der Waals surface area (Å²) in [4.78, 5) is 26.5. The third-order valence-corrected chi connectivity index (χ3v) is 6.53. The number of allylic oxidation sites excluding steroid dienone is 3. The monoisotopic (exact) mass is 469 g/mol. The van der Waals surface area contributed by atoms with Crippen molar-refractivity contribution in [3.63, 3.8) is 0 Å². The van der Waals surface area contributed by atoms with Crippen LogP contribution in [0.4, 0.5) is 0 Å². The first-order chi connectivity index (χ1) is 15.4. The van der Waals surface area contributed by atoms with Gasteiger partial charge in [0.15, 0.2) is 5.78 Å². The van der Waals surface area contributed by atoms with E-state index in [9.17, 15) is 9.59 Å². The maximum Gasteiger partial charge on any atom is 0.336 e. The zero-order valence-corrected chi connectivity index (χ0v) is 19.6. The molecule has 1 aliphatic heterocycles. The van der Waals surface area contributed by atoms with Gasteiger partial charge in [-0.05, 0) is 61.1 Å². The molecule has 0 spiro atoms. The number of rotatable bonds is 5. The van der Waals surface area contributed by atoms with Gasteiger partial charge in [0, 0.05) is 39.4 Å². The number of carbonyl (C=O) groups excluding carboxylic acids is 2. The molecular weight excluding hydrogens is 445 g/mol. The standard InChI is InChI=1S/C26H25Cl2NO3/c1-3-12-32-26(31)23-15(2)29-21-13-18(16-4-8-19(27)9-5-16)14-22(30)25(21)24(23)17-6-10-20(28)11-7-17/h4-11,18,24,29H,3,12-14H2,1-2H3/t18-,24-/m1/s1. The summed E-state index contributed by atoms with van der Waals surface area (Å²) in [6, 6.07) is 15.0. The van der Waals surface area contributed by atoms with Gasteiger partial charge in [-0.1, -0.05) is 54.4 Å². The fourth-order valence-electron chi connectivity index (χ4n) is 4.54. The minimum absolute atomic E-state index is 0.0342. The van der Waals surface area contributed by atoms with Crippen molar-refractivity contribution in [2.45, 2.75) is 44.9 Å². The Morgan fingerprint density at radius 1 is 1.00 bits per heavy atom. The Labute approximate surface area is 198 Å². The molecule has 0 saturated heterocycles. The summed E-state index contributed by atoms with van der Waals surface area (Å²) in [7, 11) is 0. The number of esters is 1. The fourth-order valence-corrected chi connectivity index (χ4v) is 4.79. The van der Waals surface area contributed by atoms with Gasteiger partial charge in [0.25, 0.3) is 0 Å². The van der Waals surface area contributed by atoms with Crippen LogP contribution in [-0.2, 0) is 14.3 Å². The third kappa shape index (κ3) is 4.48. The number of ether oxygens (including phenoxy) is 1. The molecule has 0 bridgehead atoms. The first-order valence-electron chi connectivity index (χ1n) is 10.8. The van der Waals surface area contributed by atoms with Crippen LogP contribution in [0, 0.1) is 0 Å². The molecule has 0 radical (unpaired) electrons. The summed E-state index contributed by atoms with van der Waals surface area (Å²) in [5, 5.41) is 4.64. The van der Waals surface area contributed by atoms with Crippen LogP contribution < -0.4 is 5.32 Å². The van der Waals surface area contributed by atoms with Gasteiger partial charge in [0.1, 0.15) is 0 Å². The van der Waals surface area contributed by atoms with E-state index in [0.29, 0.717) is 46.3 Å². The summed E-state index contributed by atoms with van der Waals surface area (Å²) in [5.74, 6) is -0.785. The van der Waals surface area contributed by atoms with Crippen LogP contribution >= 0.6 is 23.2 Å². The highest BCUT2D eigenvalue weighted by Gasteiger charge is 2.41. The highest BCUT2D eigenvalue weighted by atomic mass is 35.5. The van der Waals surface area contributed by atoms with Gasteiger partial charge in [0.05, 0.1) is 12.2 Å². The van der Waals surface area contributed by atoms with E-state index in [4.69, 9.17) is 27.9 Å². The Morgan fingerprint density at radius 2 is 1.59 bits per heavy atom. The maximum absolute atomic E-state index is 13.5. The van der Waals surface area contributed by atoms with E-state index in [1.54, 1.807) is 12.1 Å². The smallest absolute Gasteiger partial charge is 0.336 e. The van der Waals surface area contributed by atoms with Crippen molar-refractivity contribution >= 4 is 35.0 Å². The highest BCUT2D eigenvalue weighted by molar-refractivity contribution is 6.30. The van der Waals surface area contributed by atoms with Crippen LogP contribution in [0.2, 0.25) is 10.0 Å². The Hall–Kier alpha value is -2.56. The molecule has 1 N–H and O–H groups in total. The lowest BCUT2D eigenvalue weighted by Gasteiger charge is -2.36. The molecule has 1 aliphatic carbocycles. The first kappa shape index (κ1) is 22.6. The van der Waals surface area contributed by atoms with Crippen LogP contribution in [0.25, 0.3) is 0 Å². The minimum Gasteiger partial charge on any atom is -0.462 e. The van der Waals surface area contributed by atoms with Crippen LogP contribution in [0.15, 0.2) is 71.1 Å². The summed E-state index contributed by atoms with van der Waals surface area (Å²) in [5.41, 5.74) is 4.64.